The van der Waals surface area contributed by atoms with E-state index < -0.39 is 0 Å². The van der Waals surface area contributed by atoms with Gasteiger partial charge in [0.2, 0.25) is 0 Å². The molecule has 0 atom stereocenters. The first-order chi connectivity index (χ1) is 9.51. The number of nitrogens with one attached hydrogen (secondary N) is 1. The van der Waals surface area contributed by atoms with E-state index in [1.165, 1.54) is 7.11 Å². The molecule has 0 spiro atoms. The molecule has 0 aliphatic heterocycles. The van der Waals surface area contributed by atoms with Crippen LogP contribution in [0.3, 0.4) is 0 Å². The number of hydrogen-bond donors (Lipinski definition) is 1. The molecule has 1 amide bonds. The summed E-state index contributed by atoms with van der Waals surface area (Å²) in [7, 11) is 1.51. The molecule has 0 saturated heterocycles. The van der Waals surface area contributed by atoms with Crippen molar-refractivity contribution in [3.05, 3.63) is 57.6 Å². The molecule has 0 aliphatic rings. The van der Waals surface area contributed by atoms with E-state index in [1.807, 2.05) is 6.92 Å². The van der Waals surface area contributed by atoms with E-state index in [0.29, 0.717) is 27.0 Å². The lowest BCUT2D eigenvalue weighted by Crippen LogP contribution is -2.14. The van der Waals surface area contributed by atoms with Crippen LogP contribution in [-0.4, -0.2) is 13.0 Å². The average Bonchev–Trinajstić information content (AvgIpc) is 2.41. The molecule has 0 bridgehead atoms. The summed E-state index contributed by atoms with van der Waals surface area (Å²) in [4.78, 5) is 12.3. The Morgan fingerprint density at radius 2 is 1.75 bits per heavy atom. The van der Waals surface area contributed by atoms with Crippen molar-refractivity contribution >= 4 is 34.8 Å². The number of hydrogen-bond acceptors (Lipinski definition) is 2. The standard InChI is InChI=1S/C15H13Cl2NO2/c1-9-7-10(16)3-5-13(9)18-15(19)12-8-11(17)4-6-14(12)20-2/h3-8H,1-2H3,(H,18,19). The first kappa shape index (κ1) is 14.7. The van der Waals surface area contributed by atoms with E-state index in [2.05, 4.69) is 5.32 Å². The second kappa shape index (κ2) is 6.16. The zero-order valence-corrected chi connectivity index (χ0v) is 12.5. The Kier molecular flexibility index (Phi) is 4.53. The number of amides is 1. The molecule has 5 heteroatoms. The maximum atomic E-state index is 12.3. The topological polar surface area (TPSA) is 38.3 Å². The van der Waals surface area contributed by atoms with Crippen LogP contribution in [0.5, 0.6) is 5.75 Å². The number of methoxy groups -OCH3 is 1. The van der Waals surface area contributed by atoms with Crippen LogP contribution < -0.4 is 10.1 Å². The van der Waals surface area contributed by atoms with Crippen molar-refractivity contribution in [1.82, 2.24) is 0 Å². The number of benzene rings is 2. The zero-order valence-electron chi connectivity index (χ0n) is 11.0. The van der Waals surface area contributed by atoms with Crippen molar-refractivity contribution in [3.63, 3.8) is 0 Å². The maximum absolute atomic E-state index is 12.3. The molecule has 2 aromatic carbocycles. The van der Waals surface area contributed by atoms with Crippen LogP contribution in [0.15, 0.2) is 36.4 Å². The first-order valence-electron chi connectivity index (χ1n) is 5.92. The van der Waals surface area contributed by atoms with Crippen molar-refractivity contribution in [3.8, 4) is 5.75 Å². The summed E-state index contributed by atoms with van der Waals surface area (Å²) >= 11 is 11.8. The highest BCUT2D eigenvalue weighted by molar-refractivity contribution is 6.31. The Bertz CT molecular complexity index is 656. The highest BCUT2D eigenvalue weighted by Crippen LogP contribution is 2.25. The van der Waals surface area contributed by atoms with Crippen molar-refractivity contribution in [2.24, 2.45) is 0 Å². The van der Waals surface area contributed by atoms with Gasteiger partial charge in [0.15, 0.2) is 0 Å². The van der Waals surface area contributed by atoms with E-state index in [1.54, 1.807) is 36.4 Å². The quantitative estimate of drug-likeness (QED) is 0.902. The molecule has 0 unspecified atom stereocenters. The Labute approximate surface area is 127 Å². The molecule has 0 radical (unpaired) electrons. The fourth-order valence-corrected chi connectivity index (χ4v) is 2.21. The van der Waals surface area contributed by atoms with E-state index >= 15 is 0 Å². The lowest BCUT2D eigenvalue weighted by Gasteiger charge is -2.11. The van der Waals surface area contributed by atoms with Gasteiger partial charge in [0.05, 0.1) is 12.7 Å². The maximum Gasteiger partial charge on any atom is 0.259 e. The van der Waals surface area contributed by atoms with Gasteiger partial charge in [-0.25, -0.2) is 0 Å². The van der Waals surface area contributed by atoms with Crippen molar-refractivity contribution in [1.29, 1.82) is 0 Å². The molecule has 0 saturated carbocycles. The SMILES string of the molecule is COc1ccc(Cl)cc1C(=O)Nc1ccc(Cl)cc1C. The highest BCUT2D eigenvalue weighted by atomic mass is 35.5. The number of carbonyl (C=O) groups is 1. The number of rotatable bonds is 3. The normalized spacial score (nSPS) is 10.2. The molecule has 0 heterocycles. The van der Waals surface area contributed by atoms with Crippen molar-refractivity contribution in [2.45, 2.75) is 6.92 Å². The van der Waals surface area contributed by atoms with Gasteiger partial charge in [-0.15, -0.1) is 0 Å². The van der Waals surface area contributed by atoms with Gasteiger partial charge in [0.1, 0.15) is 5.75 Å². The minimum Gasteiger partial charge on any atom is -0.496 e. The molecule has 0 fully saturated rings. The molecule has 2 aromatic rings. The second-order valence-electron chi connectivity index (χ2n) is 4.26. The van der Waals surface area contributed by atoms with E-state index in [0.717, 1.165) is 5.56 Å². The van der Waals surface area contributed by atoms with Crippen molar-refractivity contribution < 1.29 is 9.53 Å². The predicted molar refractivity (Wildman–Crippen MR) is 82.1 cm³/mol. The van der Waals surface area contributed by atoms with Gasteiger partial charge < -0.3 is 10.1 Å². The first-order valence-corrected chi connectivity index (χ1v) is 6.68. The van der Waals surface area contributed by atoms with Gasteiger partial charge in [-0.1, -0.05) is 23.2 Å². The molecule has 104 valence electrons. The Morgan fingerprint density at radius 1 is 1.10 bits per heavy atom. The number of anilines is 1. The van der Waals surface area contributed by atoms with Gasteiger partial charge >= 0.3 is 0 Å². The fraction of sp³-hybridized carbons (Fsp3) is 0.133. The number of halogens is 2. The van der Waals surface area contributed by atoms with Crippen LogP contribution in [-0.2, 0) is 0 Å². The van der Waals surface area contributed by atoms with Crippen molar-refractivity contribution in [2.75, 3.05) is 12.4 Å². The fourth-order valence-electron chi connectivity index (χ4n) is 1.81. The third-order valence-electron chi connectivity index (χ3n) is 2.84. The van der Waals surface area contributed by atoms with Gasteiger partial charge in [-0.2, -0.15) is 0 Å². The monoisotopic (exact) mass is 309 g/mol. The summed E-state index contributed by atoms with van der Waals surface area (Å²) < 4.78 is 5.17. The van der Waals surface area contributed by atoms with Crippen LogP contribution in [0.2, 0.25) is 10.0 Å². The minimum atomic E-state index is -0.283. The van der Waals surface area contributed by atoms with E-state index in [-0.39, 0.29) is 5.91 Å². The third-order valence-corrected chi connectivity index (χ3v) is 3.31. The Morgan fingerprint density at radius 3 is 2.40 bits per heavy atom. The number of aryl methyl sites for hydroxylation is 1. The van der Waals surface area contributed by atoms with Crippen LogP contribution in [0.25, 0.3) is 0 Å². The summed E-state index contributed by atoms with van der Waals surface area (Å²) in [6, 6.07) is 10.2. The number of carbonyl (C=O) groups excluding carboxylic acids is 1. The lowest BCUT2D eigenvalue weighted by molar-refractivity contribution is 0.102. The zero-order chi connectivity index (χ0) is 14.7. The molecular formula is C15H13Cl2NO2. The molecule has 1 N–H and O–H groups in total. The van der Waals surface area contributed by atoms with Crippen LogP contribution >= 0.6 is 23.2 Å². The molecular weight excluding hydrogens is 297 g/mol. The molecule has 0 aromatic heterocycles. The summed E-state index contributed by atoms with van der Waals surface area (Å²) in [6.07, 6.45) is 0. The summed E-state index contributed by atoms with van der Waals surface area (Å²) in [5, 5.41) is 3.92. The van der Waals surface area contributed by atoms with Gasteiger partial charge in [0.25, 0.3) is 5.91 Å². The van der Waals surface area contributed by atoms with Crippen LogP contribution in [0.4, 0.5) is 5.69 Å². The summed E-state index contributed by atoms with van der Waals surface area (Å²) in [5.41, 5.74) is 1.96. The second-order valence-corrected chi connectivity index (χ2v) is 5.13. The van der Waals surface area contributed by atoms with Gasteiger partial charge in [0, 0.05) is 15.7 Å². The average molecular weight is 310 g/mol. The molecule has 2 rings (SSSR count). The smallest absolute Gasteiger partial charge is 0.259 e. The third kappa shape index (κ3) is 3.24. The van der Waals surface area contributed by atoms with Gasteiger partial charge in [-0.3, -0.25) is 4.79 Å². The largest absolute Gasteiger partial charge is 0.496 e. The van der Waals surface area contributed by atoms with E-state index in [9.17, 15) is 4.79 Å². The number of ether oxygens (including phenoxy) is 1. The lowest BCUT2D eigenvalue weighted by atomic mass is 10.1. The minimum absolute atomic E-state index is 0.283. The van der Waals surface area contributed by atoms with E-state index in [4.69, 9.17) is 27.9 Å². The molecule has 20 heavy (non-hydrogen) atoms. The molecule has 3 nitrogen and oxygen atoms in total. The highest BCUT2D eigenvalue weighted by Gasteiger charge is 2.14. The van der Waals surface area contributed by atoms with Gasteiger partial charge in [-0.05, 0) is 48.9 Å². The van der Waals surface area contributed by atoms with Crippen LogP contribution in [0, 0.1) is 6.92 Å². The Hall–Kier alpha value is -1.71. The summed E-state index contributed by atoms with van der Waals surface area (Å²) in [6.45, 7) is 1.87. The predicted octanol–water partition coefficient (Wildman–Crippen LogP) is 4.56. The molecule has 0 aliphatic carbocycles. The Balaban J connectivity index is 2.30. The van der Waals surface area contributed by atoms with Crippen LogP contribution in [0.1, 0.15) is 15.9 Å². The summed E-state index contributed by atoms with van der Waals surface area (Å²) in [5.74, 6) is 0.188.